The van der Waals surface area contributed by atoms with E-state index in [2.05, 4.69) is 39.4 Å². The Balaban J connectivity index is 0.839. The van der Waals surface area contributed by atoms with E-state index in [0.29, 0.717) is 83.3 Å². The number of carbonyl (C=O) groups excluding carboxylic acids is 1. The number of halogens is 1. The van der Waals surface area contributed by atoms with Gasteiger partial charge in [0.05, 0.1) is 30.2 Å². The standard InChI is InChI=1S/C46H46FN9O3/c1-45(13-4-5-14-45)20-40-51-25-37(59-40)33-9-8-31(22-48)52-43(33)55-16-17-56-35(23-49-39(56)27-55)29-12-15-46(2,19-29)21-41-50-24-36(58-41)32-10-11-38(47)53-42(32)28-6-7-30-26-54(3)44(57)34(30)18-28/h6-11,18,23-25,29H,4-5,12-17,19-21,26-27H2,1-3H3. The molecule has 1 aromatic carbocycles. The van der Waals surface area contributed by atoms with E-state index in [1.54, 1.807) is 42.5 Å². The largest absolute Gasteiger partial charge is 0.441 e. The van der Waals surface area contributed by atoms with E-state index in [1.165, 1.54) is 37.4 Å². The van der Waals surface area contributed by atoms with Crippen molar-refractivity contribution in [2.24, 2.45) is 10.8 Å². The molecule has 2 atom stereocenters. The summed E-state index contributed by atoms with van der Waals surface area (Å²) in [4.78, 5) is 39.9. The zero-order valence-electron chi connectivity index (χ0n) is 33.7. The lowest BCUT2D eigenvalue weighted by atomic mass is 9.84. The van der Waals surface area contributed by atoms with Gasteiger partial charge < -0.3 is 23.2 Å². The summed E-state index contributed by atoms with van der Waals surface area (Å²) in [5.41, 5.74) is 5.86. The Morgan fingerprint density at radius 2 is 1.59 bits per heavy atom. The minimum absolute atomic E-state index is 0.0455. The third-order valence-corrected chi connectivity index (χ3v) is 13.3. The third-order valence-electron chi connectivity index (χ3n) is 13.3. The highest BCUT2D eigenvalue weighted by molar-refractivity contribution is 5.99. The number of nitriles is 1. The molecule has 2 saturated carbocycles. The number of hydrogen-bond acceptors (Lipinski definition) is 10. The van der Waals surface area contributed by atoms with E-state index in [-0.39, 0.29) is 16.7 Å². The molecule has 0 spiro atoms. The van der Waals surface area contributed by atoms with Gasteiger partial charge in [-0.05, 0) is 78.8 Å². The normalized spacial score (nSPS) is 20.9. The fraction of sp³-hybridized carbons (Fsp3) is 0.413. The Kier molecular flexibility index (Phi) is 8.99. The van der Waals surface area contributed by atoms with Crippen molar-refractivity contribution in [3.63, 3.8) is 0 Å². The van der Waals surface area contributed by atoms with Crippen LogP contribution in [0, 0.1) is 28.1 Å². The third kappa shape index (κ3) is 6.88. The van der Waals surface area contributed by atoms with Crippen LogP contribution in [0.3, 0.4) is 0 Å². The Morgan fingerprint density at radius 1 is 0.847 bits per heavy atom. The molecule has 59 heavy (non-hydrogen) atoms. The number of aromatic nitrogens is 6. The Labute approximate surface area is 342 Å². The lowest BCUT2D eigenvalue weighted by molar-refractivity contribution is 0.0816. The number of nitrogens with zero attached hydrogens (tertiary/aromatic N) is 9. The van der Waals surface area contributed by atoms with Gasteiger partial charge >= 0.3 is 0 Å². The van der Waals surface area contributed by atoms with E-state index in [4.69, 9.17) is 23.8 Å². The summed E-state index contributed by atoms with van der Waals surface area (Å²) in [5, 5.41) is 9.77. The van der Waals surface area contributed by atoms with Gasteiger partial charge in [-0.2, -0.15) is 9.65 Å². The number of amides is 1. The molecule has 0 radical (unpaired) electrons. The number of benzene rings is 1. The second kappa shape index (κ2) is 14.3. The van der Waals surface area contributed by atoms with Crippen molar-refractivity contribution in [2.45, 2.75) is 97.2 Å². The molecule has 0 saturated heterocycles. The van der Waals surface area contributed by atoms with Crippen LogP contribution in [-0.2, 0) is 32.5 Å². The Morgan fingerprint density at radius 3 is 2.37 bits per heavy atom. The van der Waals surface area contributed by atoms with Gasteiger partial charge in [0, 0.05) is 74.0 Å². The van der Waals surface area contributed by atoms with Crippen molar-refractivity contribution >= 4 is 11.7 Å². The predicted molar refractivity (Wildman–Crippen MR) is 217 cm³/mol. The topological polar surface area (TPSA) is 143 Å². The van der Waals surface area contributed by atoms with Gasteiger partial charge in [-0.25, -0.2) is 24.9 Å². The van der Waals surface area contributed by atoms with Crippen molar-refractivity contribution in [3.8, 4) is 40.0 Å². The van der Waals surface area contributed by atoms with Crippen molar-refractivity contribution in [3.05, 3.63) is 107 Å². The first-order valence-electron chi connectivity index (χ1n) is 20.7. The fourth-order valence-corrected chi connectivity index (χ4v) is 10.1. The molecule has 7 heterocycles. The highest BCUT2D eigenvalue weighted by Crippen LogP contribution is 2.49. The maximum Gasteiger partial charge on any atom is 0.254 e. The lowest BCUT2D eigenvalue weighted by Crippen LogP contribution is -2.35. The number of imidazole rings is 1. The molecule has 2 aliphatic heterocycles. The lowest BCUT2D eigenvalue weighted by Gasteiger charge is -2.31. The summed E-state index contributed by atoms with van der Waals surface area (Å²) in [5.74, 6) is 3.93. The van der Waals surface area contributed by atoms with Gasteiger partial charge in [-0.15, -0.1) is 0 Å². The SMILES string of the molecule is CN1Cc2ccc(-c3nc(F)ccc3-c3cnc(CC4(C)CCC(c5cnc6n5CCN(c5nc(C#N)ccc5-c5cnc(CC7(C)CCCC7)o5)C6)C4)o3)cc2C1=O. The summed E-state index contributed by atoms with van der Waals surface area (Å²) < 4.78 is 29.7. The quantitative estimate of drug-likeness (QED) is 0.130. The van der Waals surface area contributed by atoms with Crippen LogP contribution in [-0.4, -0.2) is 53.9 Å². The van der Waals surface area contributed by atoms with Crippen molar-refractivity contribution in [2.75, 3.05) is 18.5 Å². The maximum atomic E-state index is 14.6. The smallest absolute Gasteiger partial charge is 0.254 e. The van der Waals surface area contributed by atoms with Crippen LogP contribution in [0.15, 0.2) is 69.9 Å². The molecular formula is C46H46FN9O3. The molecule has 0 bridgehead atoms. The first kappa shape index (κ1) is 37.1. The van der Waals surface area contributed by atoms with Gasteiger partial charge in [0.1, 0.15) is 23.4 Å². The molecule has 6 aromatic rings. The van der Waals surface area contributed by atoms with E-state index in [1.807, 2.05) is 24.4 Å². The molecule has 2 fully saturated rings. The molecule has 300 valence electrons. The Hall–Kier alpha value is -6.16. The molecule has 5 aromatic heterocycles. The summed E-state index contributed by atoms with van der Waals surface area (Å²) in [6.45, 7) is 7.21. The van der Waals surface area contributed by atoms with E-state index >= 15 is 0 Å². The van der Waals surface area contributed by atoms with Crippen LogP contribution in [0.5, 0.6) is 0 Å². The molecule has 13 heteroatoms. The highest BCUT2D eigenvalue weighted by atomic mass is 19.1. The summed E-state index contributed by atoms with van der Waals surface area (Å²) in [7, 11) is 1.77. The number of carbonyl (C=O) groups is 1. The van der Waals surface area contributed by atoms with E-state index < -0.39 is 5.95 Å². The van der Waals surface area contributed by atoms with Crippen molar-refractivity contribution in [1.82, 2.24) is 34.4 Å². The first-order valence-corrected chi connectivity index (χ1v) is 20.7. The second-order valence-electron chi connectivity index (χ2n) is 17.8. The van der Waals surface area contributed by atoms with Gasteiger partial charge in [0.15, 0.2) is 23.3 Å². The first-order chi connectivity index (χ1) is 28.5. The van der Waals surface area contributed by atoms with Crippen molar-refractivity contribution in [1.29, 1.82) is 5.26 Å². The van der Waals surface area contributed by atoms with Crippen LogP contribution in [0.4, 0.5) is 10.2 Å². The molecule has 1 amide bonds. The summed E-state index contributed by atoms with van der Waals surface area (Å²) in [6, 6.07) is 14.5. The van der Waals surface area contributed by atoms with E-state index in [9.17, 15) is 14.4 Å². The van der Waals surface area contributed by atoms with Gasteiger partial charge in [-0.1, -0.05) is 38.8 Å². The van der Waals surface area contributed by atoms with Crippen LogP contribution in [0.1, 0.15) is 110 Å². The van der Waals surface area contributed by atoms with Crippen molar-refractivity contribution < 1.29 is 18.0 Å². The van der Waals surface area contributed by atoms with E-state index in [0.717, 1.165) is 55.1 Å². The molecule has 0 N–H and O–H groups in total. The van der Waals surface area contributed by atoms with Crippen LogP contribution >= 0.6 is 0 Å². The minimum Gasteiger partial charge on any atom is -0.441 e. The van der Waals surface area contributed by atoms with Crippen LogP contribution < -0.4 is 4.90 Å². The van der Waals surface area contributed by atoms with Crippen LogP contribution in [0.25, 0.3) is 33.9 Å². The zero-order chi connectivity index (χ0) is 40.5. The summed E-state index contributed by atoms with van der Waals surface area (Å²) in [6.07, 6.45) is 14.9. The zero-order valence-corrected chi connectivity index (χ0v) is 33.7. The predicted octanol–water partition coefficient (Wildman–Crippen LogP) is 8.91. The molecular weight excluding hydrogens is 746 g/mol. The Bertz CT molecular complexity index is 2650. The molecule has 12 nitrogen and oxygen atoms in total. The highest BCUT2D eigenvalue weighted by Gasteiger charge is 2.40. The van der Waals surface area contributed by atoms with Gasteiger partial charge in [0.2, 0.25) is 5.95 Å². The molecule has 4 aliphatic rings. The number of rotatable bonds is 9. The fourth-order valence-electron chi connectivity index (χ4n) is 10.1. The molecule has 10 rings (SSSR count). The number of anilines is 1. The van der Waals surface area contributed by atoms with Crippen LogP contribution in [0.2, 0.25) is 0 Å². The average molecular weight is 792 g/mol. The number of pyridine rings is 2. The minimum atomic E-state index is -0.606. The number of fused-ring (bicyclic) bond motifs is 2. The number of oxazole rings is 2. The summed E-state index contributed by atoms with van der Waals surface area (Å²) >= 11 is 0. The maximum absolute atomic E-state index is 14.6. The monoisotopic (exact) mass is 791 g/mol. The van der Waals surface area contributed by atoms with Gasteiger partial charge in [0.25, 0.3) is 5.91 Å². The van der Waals surface area contributed by atoms with Gasteiger partial charge in [-0.3, -0.25) is 4.79 Å². The number of hydrogen-bond donors (Lipinski definition) is 0. The second-order valence-corrected chi connectivity index (χ2v) is 17.8. The molecule has 2 aliphatic carbocycles. The average Bonchev–Trinajstić information content (AvgIpc) is 4.11. The molecule has 2 unspecified atom stereocenters.